The molecule has 2 unspecified atom stereocenters. The van der Waals surface area contributed by atoms with Crippen molar-refractivity contribution in [3.05, 3.63) is 6.43 Å². The molecule has 0 aromatic carbocycles. The molecule has 0 aliphatic carbocycles. The number of rotatable bonds is 16. The maximum absolute atomic E-state index is 11.8. The standard InChI is InChI=1S/C7H12F3O3.C7H14F2O5.Rf/c8-1-2-12-3-6(11)4-13-5-7(9)10;8-7(9,12)5-14-4-6(11)3-13-2-1-10;/h6,11H,1-5H2;6,10-12H,1-5H2;/q-1;;. The van der Waals surface area contributed by atoms with Crippen LogP contribution in [0.1, 0.15) is 0 Å². The zero-order valence-electron chi connectivity index (χ0n) is 15.2. The summed E-state index contributed by atoms with van der Waals surface area (Å²) < 4.78 is 75.8. The number of ether oxygens (including phenoxy) is 4. The van der Waals surface area contributed by atoms with E-state index in [9.17, 15) is 22.0 Å². The molecule has 0 fully saturated rings. The molecule has 0 bridgehead atoms. The second kappa shape index (κ2) is 20.1. The number of halogens is 5. The van der Waals surface area contributed by atoms with Crippen molar-refractivity contribution in [1.29, 1.82) is 0 Å². The number of hydrogen-bond acceptors (Lipinski definition) is 8. The van der Waals surface area contributed by atoms with Crippen molar-refractivity contribution in [3.8, 4) is 0 Å². The summed E-state index contributed by atoms with van der Waals surface area (Å²) in [4.78, 5) is 0. The van der Waals surface area contributed by atoms with Crippen molar-refractivity contribution in [3.63, 3.8) is 0 Å². The van der Waals surface area contributed by atoms with E-state index in [1.807, 2.05) is 0 Å². The minimum atomic E-state index is -3.88. The van der Waals surface area contributed by atoms with Crippen LogP contribution in [0.25, 0.3) is 0 Å². The Morgan fingerprint density at radius 2 is 1.32 bits per heavy atom. The molecule has 8 nitrogen and oxygen atoms in total. The Morgan fingerprint density at radius 1 is 0.857 bits per heavy atom. The van der Waals surface area contributed by atoms with Gasteiger partial charge in [0.25, 0.3) is 0 Å². The van der Waals surface area contributed by atoms with E-state index in [0.29, 0.717) is 0 Å². The third-order valence-electron chi connectivity index (χ3n) is 2.18. The van der Waals surface area contributed by atoms with Gasteiger partial charge in [0.2, 0.25) is 0 Å². The Balaban J connectivity index is -0.000000432. The molecule has 2 atom stereocenters. The number of alkyl halides is 3. The summed E-state index contributed by atoms with van der Waals surface area (Å²) in [5.74, 6) is 0. The van der Waals surface area contributed by atoms with Crippen molar-refractivity contribution in [1.82, 2.24) is 0 Å². The van der Waals surface area contributed by atoms with E-state index in [2.05, 4.69) is 14.2 Å². The van der Waals surface area contributed by atoms with Gasteiger partial charge in [-0.2, -0.15) is 8.78 Å². The molecule has 0 aromatic heterocycles. The molecular formula is C14H26F5O8Rf-. The Kier molecular flexibility index (Phi) is 22.3. The SMILES string of the molecule is OC(COCCF)COC[C-](F)F.OCCOCC(O)COCC(O)(F)F.[Rf]. The number of hydrogen-bond donors (Lipinski definition) is 4. The van der Waals surface area contributed by atoms with E-state index >= 15 is 0 Å². The van der Waals surface area contributed by atoms with Gasteiger partial charge in [0, 0.05) is 6.43 Å². The average Bonchev–Trinajstić information content (AvgIpc) is 2.54. The van der Waals surface area contributed by atoms with Gasteiger partial charge >= 0.3 is 6.11 Å². The first kappa shape index (κ1) is 31.0. The number of aliphatic hydroxyl groups is 4. The molecule has 0 aliphatic rings. The molecule has 0 aromatic rings. The van der Waals surface area contributed by atoms with Crippen LogP contribution in [0.2, 0.25) is 0 Å². The molecule has 0 heterocycles. The Hall–Kier alpha value is -1.67. The van der Waals surface area contributed by atoms with Crippen LogP contribution >= 0.6 is 0 Å². The summed E-state index contributed by atoms with van der Waals surface area (Å²) >= 11 is 0. The van der Waals surface area contributed by atoms with Crippen LogP contribution in [0.4, 0.5) is 22.0 Å². The van der Waals surface area contributed by atoms with Crippen molar-refractivity contribution in [2.24, 2.45) is 0 Å². The normalized spacial score (nSPS) is 13.5. The van der Waals surface area contributed by atoms with Gasteiger partial charge in [0.15, 0.2) is 0 Å². The summed E-state index contributed by atoms with van der Waals surface area (Å²) in [5.41, 5.74) is 0. The molecule has 0 saturated carbocycles. The van der Waals surface area contributed by atoms with Crippen LogP contribution in [0.3, 0.4) is 0 Å². The van der Waals surface area contributed by atoms with Crippen LogP contribution in [0.15, 0.2) is 0 Å². The average molecular weight is 684 g/mol. The molecule has 168 valence electrons. The van der Waals surface area contributed by atoms with Gasteiger partial charge in [-0.1, -0.05) is 0 Å². The summed E-state index contributed by atoms with van der Waals surface area (Å²) in [6, 6.07) is 0. The maximum Gasteiger partial charge on any atom is 0.376 e. The fraction of sp³-hybridized carbons (Fsp3) is 0.929. The van der Waals surface area contributed by atoms with Gasteiger partial charge in [-0.05, 0) is 6.61 Å². The van der Waals surface area contributed by atoms with E-state index < -0.39 is 44.6 Å². The Morgan fingerprint density at radius 3 is 1.75 bits per heavy atom. The van der Waals surface area contributed by atoms with Crippen molar-refractivity contribution >= 4 is 0 Å². The van der Waals surface area contributed by atoms with Gasteiger partial charge in [-0.25, -0.2) is 4.39 Å². The molecule has 0 aliphatic heterocycles. The molecule has 14 heteroatoms. The zero-order chi connectivity index (χ0) is 21.1. The van der Waals surface area contributed by atoms with E-state index in [1.165, 1.54) is 0 Å². The van der Waals surface area contributed by atoms with E-state index in [4.69, 9.17) is 25.2 Å². The Labute approximate surface area is 153 Å². The first-order valence-corrected chi connectivity index (χ1v) is 7.73. The van der Waals surface area contributed by atoms with Crippen LogP contribution in [0, 0.1) is 6.43 Å². The molecule has 0 spiro atoms. The van der Waals surface area contributed by atoms with Crippen molar-refractivity contribution in [2.45, 2.75) is 18.3 Å². The van der Waals surface area contributed by atoms with Crippen LogP contribution < -0.4 is 0 Å². The summed E-state index contributed by atoms with van der Waals surface area (Å²) in [7, 11) is 0. The molecular weight excluding hydrogens is 658 g/mol. The van der Waals surface area contributed by atoms with Crippen molar-refractivity contribution in [2.75, 3.05) is 66.1 Å². The molecule has 0 radical (unpaired) electrons. The molecule has 4 N–H and O–H groups in total. The third kappa shape index (κ3) is 29.1. The predicted octanol–water partition coefficient (Wildman–Crippen LogP) is -0.264. The predicted molar refractivity (Wildman–Crippen MR) is 81.0 cm³/mol. The van der Waals surface area contributed by atoms with Crippen LogP contribution in [-0.4, -0.2) is 105 Å². The van der Waals surface area contributed by atoms with Gasteiger partial charge in [-0.3, -0.25) is 0 Å². The zero-order valence-corrected chi connectivity index (χ0v) is 21.6. The van der Waals surface area contributed by atoms with Gasteiger partial charge < -0.3 is 48.2 Å². The largest absolute Gasteiger partial charge is 0.419 e. The smallest absolute Gasteiger partial charge is 0.376 e. The maximum atomic E-state index is 11.8. The van der Waals surface area contributed by atoms with Crippen molar-refractivity contribution < 1.29 is 61.3 Å². The van der Waals surface area contributed by atoms with Crippen LogP contribution in [-0.2, 0) is 18.9 Å². The first-order chi connectivity index (χ1) is 12.6. The van der Waals surface area contributed by atoms with E-state index in [0.717, 1.165) is 0 Å². The minimum absolute atomic E-state index is 0. The monoisotopic (exact) mass is 684 g/mol. The second-order valence-electron chi connectivity index (χ2n) is 4.90. The number of aliphatic hydroxyl groups excluding tert-OH is 3. The van der Waals surface area contributed by atoms with E-state index in [1.54, 1.807) is 0 Å². The van der Waals surface area contributed by atoms with Gasteiger partial charge in [-0.15, -0.1) is 0 Å². The quantitative estimate of drug-likeness (QED) is 0.1000. The summed E-state index contributed by atoms with van der Waals surface area (Å²) in [5, 5.41) is 34.2. The first-order valence-electron chi connectivity index (χ1n) is 7.73. The Bertz CT molecular complexity index is 316. The fourth-order valence-corrected chi connectivity index (χ4v) is 1.24. The summed E-state index contributed by atoms with van der Waals surface area (Å²) in [6.45, 7) is -3.65. The molecule has 0 rings (SSSR count). The van der Waals surface area contributed by atoms with Crippen LogP contribution in [0.5, 0.6) is 0 Å². The van der Waals surface area contributed by atoms with Gasteiger partial charge in [0.05, 0.1) is 46.2 Å². The minimum Gasteiger partial charge on any atom is -0.419 e. The van der Waals surface area contributed by atoms with Gasteiger partial charge in [0.1, 0.15) is 25.5 Å². The molecule has 0 saturated heterocycles. The topological polar surface area (TPSA) is 118 Å². The fourth-order valence-electron chi connectivity index (χ4n) is 1.24. The summed E-state index contributed by atoms with van der Waals surface area (Å²) in [6.07, 6.45) is -7.78. The third-order valence-corrected chi connectivity index (χ3v) is 2.18. The van der Waals surface area contributed by atoms with E-state index in [-0.39, 0.29) is 46.2 Å². The molecule has 28 heavy (non-hydrogen) atoms. The second-order valence-corrected chi connectivity index (χ2v) is 4.90. The molecule has 0 amide bonds.